The number of nitrogens with one attached hydrogen (secondary N) is 1. The van der Waals surface area contributed by atoms with Gasteiger partial charge in [0.2, 0.25) is 10.0 Å². The summed E-state index contributed by atoms with van der Waals surface area (Å²) in [4.78, 5) is -0.229. The molecule has 2 aliphatic rings. The molecule has 4 nitrogen and oxygen atoms in total. The largest absolute Gasteiger partial charge is 0.314 e. The molecular weight excluding hydrogens is 371 g/mol. The van der Waals surface area contributed by atoms with E-state index in [9.17, 15) is 12.8 Å². The van der Waals surface area contributed by atoms with E-state index in [0.29, 0.717) is 29.5 Å². The van der Waals surface area contributed by atoms with E-state index in [4.69, 9.17) is 0 Å². The zero-order valence-electron chi connectivity index (χ0n) is 12.3. The average molecular weight is 391 g/mol. The van der Waals surface area contributed by atoms with Crippen molar-refractivity contribution in [1.29, 1.82) is 0 Å². The van der Waals surface area contributed by atoms with Crippen LogP contribution < -0.4 is 5.32 Å². The number of hydrogen-bond donors (Lipinski definition) is 1. The first-order chi connectivity index (χ1) is 10.5. The van der Waals surface area contributed by atoms with Crippen LogP contribution in [0.1, 0.15) is 25.7 Å². The molecule has 1 N–H and O–H groups in total. The normalized spacial score (nSPS) is 24.7. The van der Waals surface area contributed by atoms with Crippen LogP contribution in [-0.4, -0.2) is 38.4 Å². The van der Waals surface area contributed by atoms with Crippen LogP contribution in [0, 0.1) is 11.7 Å². The molecule has 2 heterocycles. The Morgan fingerprint density at radius 3 is 2.55 bits per heavy atom. The van der Waals surface area contributed by atoms with Crippen molar-refractivity contribution < 1.29 is 12.8 Å². The van der Waals surface area contributed by atoms with Gasteiger partial charge >= 0.3 is 0 Å². The number of benzene rings is 1. The molecule has 0 bridgehead atoms. The molecule has 1 unspecified atom stereocenters. The third kappa shape index (κ3) is 3.22. The van der Waals surface area contributed by atoms with Gasteiger partial charge in [0.25, 0.3) is 0 Å². The van der Waals surface area contributed by atoms with E-state index in [1.165, 1.54) is 29.3 Å². The summed E-state index contributed by atoms with van der Waals surface area (Å²) < 4.78 is 41.1. The van der Waals surface area contributed by atoms with Gasteiger partial charge in [0.1, 0.15) is 10.7 Å². The number of halogens is 2. The molecule has 122 valence electrons. The zero-order chi connectivity index (χ0) is 15.7. The van der Waals surface area contributed by atoms with Crippen molar-refractivity contribution in [3.8, 4) is 0 Å². The van der Waals surface area contributed by atoms with Crippen LogP contribution in [-0.2, 0) is 10.0 Å². The van der Waals surface area contributed by atoms with Crippen LogP contribution in [0.3, 0.4) is 0 Å². The minimum Gasteiger partial charge on any atom is -0.314 e. The lowest BCUT2D eigenvalue weighted by molar-refractivity contribution is 0.233. The van der Waals surface area contributed by atoms with Crippen LogP contribution in [0.4, 0.5) is 4.39 Å². The maximum absolute atomic E-state index is 14.0. The summed E-state index contributed by atoms with van der Waals surface area (Å²) in [7, 11) is -3.74. The van der Waals surface area contributed by atoms with Gasteiger partial charge in [0.05, 0.1) is 0 Å². The van der Waals surface area contributed by atoms with Gasteiger partial charge < -0.3 is 5.32 Å². The van der Waals surface area contributed by atoms with Crippen molar-refractivity contribution in [3.05, 3.63) is 28.5 Å². The zero-order valence-corrected chi connectivity index (χ0v) is 14.7. The van der Waals surface area contributed by atoms with E-state index in [2.05, 4.69) is 21.2 Å². The van der Waals surface area contributed by atoms with Gasteiger partial charge in [-0.2, -0.15) is 4.31 Å². The lowest BCUT2D eigenvalue weighted by Crippen LogP contribution is -2.43. The second-order valence-electron chi connectivity index (χ2n) is 6.02. The van der Waals surface area contributed by atoms with Crippen molar-refractivity contribution in [3.63, 3.8) is 0 Å². The maximum atomic E-state index is 14.0. The first kappa shape index (κ1) is 16.4. The fourth-order valence-corrected chi connectivity index (χ4v) is 5.30. The smallest absolute Gasteiger partial charge is 0.245 e. The lowest BCUT2D eigenvalue weighted by atomic mass is 9.89. The van der Waals surface area contributed by atoms with Crippen LogP contribution in [0.5, 0.6) is 0 Å². The van der Waals surface area contributed by atoms with Crippen molar-refractivity contribution in [1.82, 2.24) is 9.62 Å². The number of piperidine rings is 1. The summed E-state index contributed by atoms with van der Waals surface area (Å²) >= 11 is 3.15. The van der Waals surface area contributed by atoms with Crippen molar-refractivity contribution in [2.75, 3.05) is 19.6 Å². The summed E-state index contributed by atoms with van der Waals surface area (Å²) in [5.41, 5.74) is 0. The fraction of sp³-hybridized carbons (Fsp3) is 0.600. The average Bonchev–Trinajstić information content (AvgIpc) is 3.01. The molecular formula is C15H20BrFN2O2S. The Hall–Kier alpha value is -0.500. The van der Waals surface area contributed by atoms with E-state index in [1.54, 1.807) is 6.07 Å². The molecule has 3 rings (SSSR count). The molecule has 0 aromatic heterocycles. The second-order valence-corrected chi connectivity index (χ2v) is 8.84. The van der Waals surface area contributed by atoms with Gasteiger partial charge in [0.15, 0.2) is 0 Å². The molecule has 0 amide bonds. The molecule has 0 radical (unpaired) electrons. The summed E-state index contributed by atoms with van der Waals surface area (Å²) in [5, 5.41) is 3.49. The highest BCUT2D eigenvalue weighted by atomic mass is 79.9. The number of sulfonamides is 1. The van der Waals surface area contributed by atoms with E-state index in [-0.39, 0.29) is 4.90 Å². The predicted octanol–water partition coefficient (Wildman–Crippen LogP) is 2.74. The lowest BCUT2D eigenvalue weighted by Gasteiger charge is -2.34. The highest BCUT2D eigenvalue weighted by Gasteiger charge is 2.34. The third-order valence-corrected chi connectivity index (χ3v) is 7.10. The van der Waals surface area contributed by atoms with Crippen LogP contribution in [0.25, 0.3) is 0 Å². The monoisotopic (exact) mass is 390 g/mol. The Morgan fingerprint density at radius 1 is 1.23 bits per heavy atom. The molecule has 1 aromatic carbocycles. The van der Waals surface area contributed by atoms with Crippen molar-refractivity contribution in [2.24, 2.45) is 5.92 Å². The summed E-state index contributed by atoms with van der Waals surface area (Å²) in [6, 6.07) is 4.61. The van der Waals surface area contributed by atoms with Gasteiger partial charge in [-0.25, -0.2) is 12.8 Å². The van der Waals surface area contributed by atoms with E-state index >= 15 is 0 Å². The SMILES string of the molecule is O=S(=O)(c1ccc(Br)cc1F)N1CCC(C2CCCN2)CC1. The predicted molar refractivity (Wildman–Crippen MR) is 86.6 cm³/mol. The Balaban J connectivity index is 1.71. The minimum absolute atomic E-state index is 0.229. The van der Waals surface area contributed by atoms with Gasteiger partial charge in [-0.05, 0) is 56.3 Å². The summed E-state index contributed by atoms with van der Waals surface area (Å²) in [5.74, 6) is -0.169. The molecule has 2 saturated heterocycles. The Kier molecular flexibility index (Phi) is 4.87. The summed E-state index contributed by atoms with van der Waals surface area (Å²) in [6.07, 6.45) is 4.07. The molecule has 0 spiro atoms. The Labute approximate surface area is 139 Å². The molecule has 0 saturated carbocycles. The van der Waals surface area contributed by atoms with E-state index in [1.807, 2.05) is 0 Å². The molecule has 1 atom stereocenters. The Morgan fingerprint density at radius 2 is 1.95 bits per heavy atom. The van der Waals surface area contributed by atoms with E-state index < -0.39 is 15.8 Å². The van der Waals surface area contributed by atoms with Crippen LogP contribution in [0.2, 0.25) is 0 Å². The summed E-state index contributed by atoms with van der Waals surface area (Å²) in [6.45, 7) is 2.01. The molecule has 22 heavy (non-hydrogen) atoms. The topological polar surface area (TPSA) is 49.4 Å². The number of hydrogen-bond acceptors (Lipinski definition) is 3. The highest BCUT2D eigenvalue weighted by Crippen LogP contribution is 2.30. The third-order valence-electron chi connectivity index (χ3n) is 4.68. The van der Waals surface area contributed by atoms with Crippen LogP contribution in [0.15, 0.2) is 27.6 Å². The fourth-order valence-electron chi connectivity index (χ4n) is 3.46. The quantitative estimate of drug-likeness (QED) is 0.862. The van der Waals surface area contributed by atoms with Gasteiger partial charge in [-0.15, -0.1) is 0 Å². The highest BCUT2D eigenvalue weighted by molar-refractivity contribution is 9.10. The Bertz CT molecular complexity index is 639. The molecule has 2 fully saturated rings. The number of rotatable bonds is 3. The molecule has 0 aliphatic carbocycles. The first-order valence-electron chi connectivity index (χ1n) is 7.67. The minimum atomic E-state index is -3.74. The second kappa shape index (κ2) is 6.55. The van der Waals surface area contributed by atoms with E-state index in [0.717, 1.165) is 19.4 Å². The molecule has 2 aliphatic heterocycles. The van der Waals surface area contributed by atoms with Gasteiger partial charge in [-0.1, -0.05) is 15.9 Å². The molecule has 1 aromatic rings. The van der Waals surface area contributed by atoms with Crippen molar-refractivity contribution in [2.45, 2.75) is 36.6 Å². The van der Waals surface area contributed by atoms with Crippen LogP contribution >= 0.6 is 15.9 Å². The molecule has 7 heteroatoms. The van der Waals surface area contributed by atoms with Gasteiger partial charge in [0, 0.05) is 23.6 Å². The standard InChI is InChI=1S/C15H20BrFN2O2S/c16-12-3-4-15(13(17)10-12)22(20,21)19-8-5-11(6-9-19)14-2-1-7-18-14/h3-4,10-11,14,18H,1-2,5-9H2. The number of nitrogens with zero attached hydrogens (tertiary/aromatic N) is 1. The van der Waals surface area contributed by atoms with Gasteiger partial charge in [-0.3, -0.25) is 0 Å². The first-order valence-corrected chi connectivity index (χ1v) is 9.90. The maximum Gasteiger partial charge on any atom is 0.245 e. The van der Waals surface area contributed by atoms with Crippen molar-refractivity contribution >= 4 is 26.0 Å².